The molecule has 0 fully saturated rings. The van der Waals surface area contributed by atoms with E-state index in [1.807, 2.05) is 0 Å². The van der Waals surface area contributed by atoms with Gasteiger partial charge in [-0.05, 0) is 24.3 Å². The number of aliphatic hydroxyl groups is 1. The molecule has 118 valence electrons. The number of aliphatic hydroxyl groups excluding tert-OH is 1. The molecule has 2 atom stereocenters. The Bertz CT molecular complexity index is 574. The third kappa shape index (κ3) is 5.02. The molecule has 0 heterocycles. The Hall–Kier alpha value is -2.67. The Morgan fingerprint density at radius 2 is 1.77 bits per heavy atom. The SMILES string of the molecule is COc1ccc(C(=O)C[C@@H](/C=C/C(=O)O)[C@@H](O)C(=O)O)cc1. The molecule has 1 rings (SSSR count). The molecule has 0 aliphatic rings. The largest absolute Gasteiger partial charge is 0.497 e. The van der Waals surface area contributed by atoms with Gasteiger partial charge in [0.05, 0.1) is 7.11 Å². The lowest BCUT2D eigenvalue weighted by atomic mass is 9.93. The van der Waals surface area contributed by atoms with Gasteiger partial charge in [0.1, 0.15) is 5.75 Å². The van der Waals surface area contributed by atoms with Crippen LogP contribution in [0.15, 0.2) is 36.4 Å². The fraction of sp³-hybridized carbons (Fsp3) is 0.267. The number of ether oxygens (including phenoxy) is 1. The number of ketones is 1. The second-order valence-electron chi connectivity index (χ2n) is 4.50. The fourth-order valence-corrected chi connectivity index (χ4v) is 1.78. The summed E-state index contributed by atoms with van der Waals surface area (Å²) in [6.07, 6.45) is -0.484. The van der Waals surface area contributed by atoms with E-state index < -0.39 is 29.7 Å². The summed E-state index contributed by atoms with van der Waals surface area (Å²) in [4.78, 5) is 33.4. The van der Waals surface area contributed by atoms with Gasteiger partial charge in [0.15, 0.2) is 11.9 Å². The highest BCUT2D eigenvalue weighted by atomic mass is 16.5. The highest BCUT2D eigenvalue weighted by Gasteiger charge is 2.26. The van der Waals surface area contributed by atoms with Crippen LogP contribution in [0.5, 0.6) is 5.75 Å². The molecule has 7 heteroatoms. The summed E-state index contributed by atoms with van der Waals surface area (Å²) in [5.41, 5.74) is 0.312. The van der Waals surface area contributed by atoms with Gasteiger partial charge in [0.2, 0.25) is 0 Å². The average molecular weight is 308 g/mol. The van der Waals surface area contributed by atoms with Crippen molar-refractivity contribution in [3.8, 4) is 5.75 Å². The lowest BCUT2D eigenvalue weighted by Crippen LogP contribution is -2.30. The number of hydrogen-bond donors (Lipinski definition) is 3. The highest BCUT2D eigenvalue weighted by Crippen LogP contribution is 2.18. The molecule has 0 bridgehead atoms. The summed E-state index contributed by atoms with van der Waals surface area (Å²) in [7, 11) is 1.48. The standard InChI is InChI=1S/C15H16O7/c1-22-11-5-2-9(3-6-11)12(16)8-10(4-7-13(17)18)14(19)15(20)21/h2-7,10,14,19H,8H2,1H3,(H,17,18)(H,20,21)/b7-4+/t10-,14-/m1/s1. The molecule has 0 spiro atoms. The second kappa shape index (κ2) is 7.94. The van der Waals surface area contributed by atoms with Gasteiger partial charge in [-0.1, -0.05) is 6.08 Å². The summed E-state index contributed by atoms with van der Waals surface area (Å²) < 4.78 is 4.96. The number of aliphatic carboxylic acids is 2. The summed E-state index contributed by atoms with van der Waals surface area (Å²) in [6.45, 7) is 0. The Morgan fingerprint density at radius 3 is 2.23 bits per heavy atom. The van der Waals surface area contributed by atoms with E-state index in [4.69, 9.17) is 14.9 Å². The van der Waals surface area contributed by atoms with Crippen molar-refractivity contribution < 1.29 is 34.4 Å². The van der Waals surface area contributed by atoms with Crippen LogP contribution in [0.1, 0.15) is 16.8 Å². The van der Waals surface area contributed by atoms with Crippen LogP contribution in [0.2, 0.25) is 0 Å². The molecule has 0 amide bonds. The maximum Gasteiger partial charge on any atom is 0.333 e. The number of benzene rings is 1. The first-order valence-electron chi connectivity index (χ1n) is 6.34. The molecule has 1 aromatic rings. The molecule has 0 aliphatic heterocycles. The predicted octanol–water partition coefficient (Wildman–Crippen LogP) is 0.970. The molecule has 0 aliphatic carbocycles. The van der Waals surface area contributed by atoms with E-state index in [0.717, 1.165) is 6.08 Å². The summed E-state index contributed by atoms with van der Waals surface area (Å²) in [6, 6.07) is 6.16. The predicted molar refractivity (Wildman–Crippen MR) is 75.8 cm³/mol. The zero-order valence-electron chi connectivity index (χ0n) is 11.8. The minimum Gasteiger partial charge on any atom is -0.497 e. The van der Waals surface area contributed by atoms with E-state index in [9.17, 15) is 19.5 Å². The van der Waals surface area contributed by atoms with E-state index in [1.54, 1.807) is 12.1 Å². The van der Waals surface area contributed by atoms with Gasteiger partial charge in [-0.15, -0.1) is 0 Å². The summed E-state index contributed by atoms with van der Waals surface area (Å²) >= 11 is 0. The van der Waals surface area contributed by atoms with Crippen molar-refractivity contribution in [3.05, 3.63) is 42.0 Å². The van der Waals surface area contributed by atoms with Crippen LogP contribution in [0, 0.1) is 5.92 Å². The number of methoxy groups -OCH3 is 1. The third-order valence-electron chi connectivity index (χ3n) is 2.98. The minimum absolute atomic E-state index is 0.312. The zero-order chi connectivity index (χ0) is 16.7. The zero-order valence-corrected chi connectivity index (χ0v) is 11.8. The van der Waals surface area contributed by atoms with Gasteiger partial charge in [-0.2, -0.15) is 0 Å². The number of carboxylic acids is 2. The van der Waals surface area contributed by atoms with Gasteiger partial charge in [0.25, 0.3) is 0 Å². The number of hydrogen-bond acceptors (Lipinski definition) is 5. The normalized spacial score (nSPS) is 13.5. The quantitative estimate of drug-likeness (QED) is 0.483. The van der Waals surface area contributed by atoms with Crippen molar-refractivity contribution in [1.29, 1.82) is 0 Å². The molecule has 0 saturated heterocycles. The molecule has 0 aromatic heterocycles. The number of carboxylic acid groups (broad SMARTS) is 2. The smallest absolute Gasteiger partial charge is 0.333 e. The lowest BCUT2D eigenvalue weighted by Gasteiger charge is -2.15. The molecule has 1 aromatic carbocycles. The first kappa shape index (κ1) is 17.4. The van der Waals surface area contributed by atoms with E-state index >= 15 is 0 Å². The maximum absolute atomic E-state index is 12.1. The van der Waals surface area contributed by atoms with Crippen molar-refractivity contribution in [2.24, 2.45) is 5.92 Å². The number of rotatable bonds is 8. The van der Waals surface area contributed by atoms with Crippen LogP contribution in [0.25, 0.3) is 0 Å². The third-order valence-corrected chi connectivity index (χ3v) is 2.98. The van der Waals surface area contributed by atoms with Crippen LogP contribution < -0.4 is 4.74 Å². The van der Waals surface area contributed by atoms with Crippen LogP contribution in [-0.4, -0.2) is 46.3 Å². The van der Waals surface area contributed by atoms with Gasteiger partial charge in [0, 0.05) is 24.0 Å². The van der Waals surface area contributed by atoms with Crippen molar-refractivity contribution in [1.82, 2.24) is 0 Å². The monoisotopic (exact) mass is 308 g/mol. The van der Waals surface area contributed by atoms with Crippen LogP contribution >= 0.6 is 0 Å². The second-order valence-corrected chi connectivity index (χ2v) is 4.50. The van der Waals surface area contributed by atoms with E-state index in [-0.39, 0.29) is 6.42 Å². The number of carbonyl (C=O) groups is 3. The summed E-state index contributed by atoms with van der Waals surface area (Å²) in [5.74, 6) is -3.81. The average Bonchev–Trinajstić information content (AvgIpc) is 2.50. The Morgan fingerprint density at radius 1 is 1.18 bits per heavy atom. The minimum atomic E-state index is -1.86. The van der Waals surface area contributed by atoms with Gasteiger partial charge in [-0.25, -0.2) is 9.59 Å². The fourth-order valence-electron chi connectivity index (χ4n) is 1.78. The molecular weight excluding hydrogens is 292 g/mol. The van der Waals surface area contributed by atoms with Crippen molar-refractivity contribution in [2.45, 2.75) is 12.5 Å². The molecule has 22 heavy (non-hydrogen) atoms. The van der Waals surface area contributed by atoms with E-state index in [1.165, 1.54) is 19.2 Å². The van der Waals surface area contributed by atoms with Crippen LogP contribution in [0.4, 0.5) is 0 Å². The van der Waals surface area contributed by atoms with Crippen LogP contribution in [0.3, 0.4) is 0 Å². The van der Waals surface area contributed by atoms with Crippen molar-refractivity contribution in [3.63, 3.8) is 0 Å². The summed E-state index contributed by atoms with van der Waals surface area (Å²) in [5, 5.41) is 26.9. The van der Waals surface area contributed by atoms with Crippen molar-refractivity contribution in [2.75, 3.05) is 7.11 Å². The first-order chi connectivity index (χ1) is 10.3. The lowest BCUT2D eigenvalue weighted by molar-refractivity contribution is -0.148. The van der Waals surface area contributed by atoms with E-state index in [0.29, 0.717) is 17.4 Å². The number of carbonyl (C=O) groups excluding carboxylic acids is 1. The maximum atomic E-state index is 12.1. The van der Waals surface area contributed by atoms with Gasteiger partial charge >= 0.3 is 11.9 Å². The molecule has 0 radical (unpaired) electrons. The first-order valence-corrected chi connectivity index (χ1v) is 6.34. The van der Waals surface area contributed by atoms with Crippen molar-refractivity contribution >= 4 is 17.7 Å². The molecule has 0 unspecified atom stereocenters. The molecule has 0 saturated carbocycles. The van der Waals surface area contributed by atoms with Gasteiger partial charge < -0.3 is 20.1 Å². The van der Waals surface area contributed by atoms with Gasteiger partial charge in [-0.3, -0.25) is 4.79 Å². The Labute approximate surface area is 126 Å². The molecule has 7 nitrogen and oxygen atoms in total. The highest BCUT2D eigenvalue weighted by molar-refractivity contribution is 5.97. The topological polar surface area (TPSA) is 121 Å². The Kier molecular flexibility index (Phi) is 6.27. The number of Topliss-reactive ketones (excluding diaryl/α,β-unsaturated/α-hetero) is 1. The molecule has 3 N–H and O–H groups in total. The Balaban J connectivity index is 2.89. The molecular formula is C15H16O7. The van der Waals surface area contributed by atoms with E-state index in [2.05, 4.69) is 0 Å². The van der Waals surface area contributed by atoms with Crippen LogP contribution in [-0.2, 0) is 9.59 Å².